The molecule has 0 spiro atoms. The summed E-state index contributed by atoms with van der Waals surface area (Å²) in [6, 6.07) is 6.31. The topological polar surface area (TPSA) is 87.8 Å². The lowest BCUT2D eigenvalue weighted by Gasteiger charge is -2.38. The maximum absolute atomic E-state index is 5.46. The first-order valence-electron chi connectivity index (χ1n) is 10.5. The quantitative estimate of drug-likeness (QED) is 0.630. The molecule has 0 aromatic carbocycles. The normalized spacial score (nSPS) is 20.0. The summed E-state index contributed by atoms with van der Waals surface area (Å²) in [6.45, 7) is 7.01. The molecule has 30 heavy (non-hydrogen) atoms. The molecule has 0 N–H and O–H groups in total. The summed E-state index contributed by atoms with van der Waals surface area (Å²) < 4.78 is 7.26. The molecule has 3 aromatic heterocycles. The maximum atomic E-state index is 5.46. The Bertz CT molecular complexity index is 1020. The van der Waals surface area contributed by atoms with Crippen LogP contribution in [0.5, 0.6) is 0 Å². The molecule has 0 aliphatic carbocycles. The summed E-state index contributed by atoms with van der Waals surface area (Å²) in [5, 5.41) is 13.0. The first-order valence-corrected chi connectivity index (χ1v) is 10.5. The van der Waals surface area contributed by atoms with E-state index in [0.29, 0.717) is 6.04 Å². The van der Waals surface area contributed by atoms with Crippen LogP contribution in [0.2, 0.25) is 0 Å². The van der Waals surface area contributed by atoms with Crippen LogP contribution in [-0.2, 0) is 4.74 Å². The maximum Gasteiger partial charge on any atom is 0.227 e. The van der Waals surface area contributed by atoms with E-state index in [2.05, 4.69) is 36.9 Å². The van der Waals surface area contributed by atoms with E-state index in [1.807, 2.05) is 31.3 Å². The lowest BCUT2D eigenvalue weighted by atomic mass is 10.0. The van der Waals surface area contributed by atoms with Crippen LogP contribution in [0.25, 0.3) is 5.65 Å². The van der Waals surface area contributed by atoms with Gasteiger partial charge in [0.1, 0.15) is 11.6 Å². The number of aromatic nitrogens is 6. The number of morpholine rings is 1. The van der Waals surface area contributed by atoms with Crippen molar-refractivity contribution in [3.05, 3.63) is 30.2 Å². The molecule has 10 nitrogen and oxygen atoms in total. The Labute approximate surface area is 175 Å². The smallest absolute Gasteiger partial charge is 0.227 e. The summed E-state index contributed by atoms with van der Waals surface area (Å²) in [7, 11) is 2.09. The van der Waals surface area contributed by atoms with Crippen molar-refractivity contribution in [1.82, 2.24) is 29.8 Å². The minimum absolute atomic E-state index is 0.318. The van der Waals surface area contributed by atoms with E-state index >= 15 is 0 Å². The van der Waals surface area contributed by atoms with Gasteiger partial charge in [0.2, 0.25) is 5.95 Å². The Hall–Kier alpha value is -3.01. The Morgan fingerprint density at radius 2 is 1.90 bits per heavy atom. The zero-order valence-electron chi connectivity index (χ0n) is 17.5. The fraction of sp³-hybridized carbons (Fsp3) is 0.550. The first-order chi connectivity index (χ1) is 14.7. The van der Waals surface area contributed by atoms with Gasteiger partial charge in [0.25, 0.3) is 0 Å². The standard InChI is InChI=1S/C20H27N9O/c1-15-23-24-18-5-6-19(25-29(15)18)28-9-3-4-16(14-28)26(2)20-21-8-7-17(22-20)27-10-12-30-13-11-27/h5-8,16H,3-4,9-14H2,1-2H3. The van der Waals surface area contributed by atoms with Crippen molar-refractivity contribution >= 4 is 23.2 Å². The van der Waals surface area contributed by atoms with Crippen molar-refractivity contribution in [2.45, 2.75) is 25.8 Å². The summed E-state index contributed by atoms with van der Waals surface area (Å²) in [6.07, 6.45) is 4.06. The van der Waals surface area contributed by atoms with Gasteiger partial charge in [0.05, 0.1) is 13.2 Å². The van der Waals surface area contributed by atoms with Crippen molar-refractivity contribution in [2.24, 2.45) is 0 Å². The highest BCUT2D eigenvalue weighted by molar-refractivity contribution is 5.48. The summed E-state index contributed by atoms with van der Waals surface area (Å²) in [4.78, 5) is 16.2. The van der Waals surface area contributed by atoms with E-state index in [1.54, 1.807) is 4.52 Å². The summed E-state index contributed by atoms with van der Waals surface area (Å²) in [5.74, 6) is 3.49. The van der Waals surface area contributed by atoms with E-state index < -0.39 is 0 Å². The molecular weight excluding hydrogens is 382 g/mol. The van der Waals surface area contributed by atoms with Crippen molar-refractivity contribution in [2.75, 3.05) is 61.1 Å². The Morgan fingerprint density at radius 1 is 1.03 bits per heavy atom. The average molecular weight is 409 g/mol. The highest BCUT2D eigenvalue weighted by Crippen LogP contribution is 2.24. The van der Waals surface area contributed by atoms with Crippen LogP contribution in [0.4, 0.5) is 17.6 Å². The number of rotatable bonds is 4. The van der Waals surface area contributed by atoms with Gasteiger partial charge < -0.3 is 19.4 Å². The number of ether oxygens (including phenoxy) is 1. The van der Waals surface area contributed by atoms with Crippen LogP contribution in [0, 0.1) is 6.92 Å². The summed E-state index contributed by atoms with van der Waals surface area (Å²) in [5.41, 5.74) is 0.773. The predicted molar refractivity (Wildman–Crippen MR) is 114 cm³/mol. The minimum atomic E-state index is 0.318. The van der Waals surface area contributed by atoms with E-state index in [4.69, 9.17) is 14.8 Å². The molecule has 2 aliphatic heterocycles. The molecule has 1 unspecified atom stereocenters. The lowest BCUT2D eigenvalue weighted by Crippen LogP contribution is -2.47. The molecule has 0 amide bonds. The lowest BCUT2D eigenvalue weighted by molar-refractivity contribution is 0.122. The number of nitrogens with zero attached hydrogens (tertiary/aromatic N) is 9. The van der Waals surface area contributed by atoms with Crippen LogP contribution in [-0.4, -0.2) is 82.3 Å². The van der Waals surface area contributed by atoms with Gasteiger partial charge in [-0.2, -0.15) is 9.50 Å². The van der Waals surface area contributed by atoms with E-state index in [-0.39, 0.29) is 0 Å². The zero-order valence-corrected chi connectivity index (χ0v) is 17.5. The first kappa shape index (κ1) is 19.0. The highest BCUT2D eigenvalue weighted by Gasteiger charge is 2.26. The molecule has 5 heterocycles. The molecule has 158 valence electrons. The Kier molecular flexibility index (Phi) is 5.07. The van der Waals surface area contributed by atoms with E-state index in [1.165, 1.54) is 0 Å². The van der Waals surface area contributed by atoms with E-state index in [9.17, 15) is 0 Å². The van der Waals surface area contributed by atoms with Crippen LogP contribution < -0.4 is 14.7 Å². The van der Waals surface area contributed by atoms with Gasteiger partial charge in [-0.3, -0.25) is 0 Å². The van der Waals surface area contributed by atoms with Crippen LogP contribution >= 0.6 is 0 Å². The molecule has 1 atom stereocenters. The van der Waals surface area contributed by atoms with Gasteiger partial charge in [0.15, 0.2) is 11.5 Å². The van der Waals surface area contributed by atoms with Crippen molar-refractivity contribution in [3.8, 4) is 0 Å². The van der Waals surface area contributed by atoms with Crippen LogP contribution in [0.3, 0.4) is 0 Å². The molecule has 0 saturated carbocycles. The molecule has 3 aromatic rings. The number of anilines is 3. The molecule has 0 bridgehead atoms. The Balaban J connectivity index is 1.33. The van der Waals surface area contributed by atoms with Crippen molar-refractivity contribution < 1.29 is 4.74 Å². The second kappa shape index (κ2) is 8.02. The van der Waals surface area contributed by atoms with Gasteiger partial charge in [-0.05, 0) is 38.0 Å². The third-order valence-corrected chi connectivity index (χ3v) is 5.95. The molecule has 2 fully saturated rings. The van der Waals surface area contributed by atoms with Gasteiger partial charge in [0, 0.05) is 45.5 Å². The predicted octanol–water partition coefficient (Wildman–Crippen LogP) is 1.16. The number of fused-ring (bicyclic) bond motifs is 1. The molecule has 5 rings (SSSR count). The second-order valence-corrected chi connectivity index (χ2v) is 7.88. The number of piperidine rings is 1. The molecule has 2 aliphatic rings. The third kappa shape index (κ3) is 3.62. The third-order valence-electron chi connectivity index (χ3n) is 5.95. The average Bonchev–Trinajstić information content (AvgIpc) is 3.19. The second-order valence-electron chi connectivity index (χ2n) is 7.88. The van der Waals surface area contributed by atoms with Gasteiger partial charge in [-0.25, -0.2) is 4.98 Å². The van der Waals surface area contributed by atoms with Crippen LogP contribution in [0.15, 0.2) is 24.4 Å². The van der Waals surface area contributed by atoms with Gasteiger partial charge in [-0.15, -0.1) is 15.3 Å². The van der Waals surface area contributed by atoms with Gasteiger partial charge in [-0.1, -0.05) is 0 Å². The van der Waals surface area contributed by atoms with Gasteiger partial charge >= 0.3 is 0 Å². The number of aryl methyl sites for hydroxylation is 1. The fourth-order valence-corrected chi connectivity index (χ4v) is 4.18. The minimum Gasteiger partial charge on any atom is -0.378 e. The summed E-state index contributed by atoms with van der Waals surface area (Å²) >= 11 is 0. The molecule has 2 saturated heterocycles. The monoisotopic (exact) mass is 409 g/mol. The number of hydrogen-bond acceptors (Lipinski definition) is 9. The zero-order chi connectivity index (χ0) is 20.5. The largest absolute Gasteiger partial charge is 0.378 e. The van der Waals surface area contributed by atoms with Crippen molar-refractivity contribution in [1.29, 1.82) is 0 Å². The van der Waals surface area contributed by atoms with Crippen molar-refractivity contribution in [3.63, 3.8) is 0 Å². The Morgan fingerprint density at radius 3 is 2.77 bits per heavy atom. The SMILES string of the molecule is Cc1nnc2ccc(N3CCCC(N(C)c4nccc(N5CCOCC5)n4)C3)nn12. The van der Waals surface area contributed by atoms with E-state index in [0.717, 1.165) is 81.3 Å². The fourth-order valence-electron chi connectivity index (χ4n) is 4.18. The molecule has 10 heteroatoms. The molecular formula is C20H27N9O. The highest BCUT2D eigenvalue weighted by atomic mass is 16.5. The number of hydrogen-bond donors (Lipinski definition) is 0. The van der Waals surface area contributed by atoms with Crippen LogP contribution in [0.1, 0.15) is 18.7 Å². The molecule has 0 radical (unpaired) electrons. The number of likely N-dealkylation sites (N-methyl/N-ethyl adjacent to an activating group) is 1.